The maximum absolute atomic E-state index is 12.2. The van der Waals surface area contributed by atoms with Crippen molar-refractivity contribution in [2.75, 3.05) is 11.9 Å². The van der Waals surface area contributed by atoms with E-state index < -0.39 is 0 Å². The van der Waals surface area contributed by atoms with Gasteiger partial charge in [0.15, 0.2) is 0 Å². The molecule has 2 rings (SSSR count). The molecule has 144 valence electrons. The molecule has 0 radical (unpaired) electrons. The molecule has 4 heteroatoms. The van der Waals surface area contributed by atoms with Crippen molar-refractivity contribution < 1.29 is 9.59 Å². The lowest BCUT2D eigenvalue weighted by molar-refractivity contribution is -0.123. The van der Waals surface area contributed by atoms with Crippen LogP contribution in [0, 0.1) is 20.8 Å². The number of benzene rings is 2. The fourth-order valence-electron chi connectivity index (χ4n) is 3.19. The smallest absolute Gasteiger partial charge is 0.243 e. The van der Waals surface area contributed by atoms with Gasteiger partial charge >= 0.3 is 0 Å². The average molecular weight is 367 g/mol. The molecule has 4 nitrogen and oxygen atoms in total. The number of amides is 2. The summed E-state index contributed by atoms with van der Waals surface area (Å²) in [6.07, 6.45) is 3.70. The zero-order chi connectivity index (χ0) is 19.8. The molecule has 0 fully saturated rings. The van der Waals surface area contributed by atoms with Crippen LogP contribution in [0.25, 0.3) is 0 Å². The van der Waals surface area contributed by atoms with Crippen LogP contribution in [0.2, 0.25) is 0 Å². The summed E-state index contributed by atoms with van der Waals surface area (Å²) in [4.78, 5) is 24.3. The second-order valence-corrected chi connectivity index (χ2v) is 7.20. The molecule has 0 heterocycles. The molecule has 0 bridgehead atoms. The first-order chi connectivity index (χ1) is 12.9. The normalized spacial score (nSPS) is 10.5. The Morgan fingerprint density at radius 1 is 0.889 bits per heavy atom. The summed E-state index contributed by atoms with van der Waals surface area (Å²) in [6, 6.07) is 12.2. The largest absolute Gasteiger partial charge is 0.347 e. The van der Waals surface area contributed by atoms with Crippen LogP contribution in [0.5, 0.6) is 0 Å². The molecule has 0 atom stereocenters. The molecule has 0 saturated heterocycles. The molecular formula is C23H30N2O2. The van der Waals surface area contributed by atoms with Crippen LogP contribution in [-0.2, 0) is 22.4 Å². The van der Waals surface area contributed by atoms with E-state index in [9.17, 15) is 9.59 Å². The Morgan fingerprint density at radius 3 is 2.07 bits per heavy atom. The van der Waals surface area contributed by atoms with Gasteiger partial charge in [0, 0.05) is 5.69 Å². The van der Waals surface area contributed by atoms with Gasteiger partial charge in [-0.15, -0.1) is 0 Å². The van der Waals surface area contributed by atoms with E-state index in [1.165, 1.54) is 18.4 Å². The van der Waals surface area contributed by atoms with Crippen molar-refractivity contribution in [1.29, 1.82) is 0 Å². The van der Waals surface area contributed by atoms with Gasteiger partial charge < -0.3 is 10.6 Å². The van der Waals surface area contributed by atoms with Gasteiger partial charge in [-0.3, -0.25) is 9.59 Å². The topological polar surface area (TPSA) is 58.2 Å². The first-order valence-corrected chi connectivity index (χ1v) is 9.61. The predicted molar refractivity (Wildman–Crippen MR) is 111 cm³/mol. The Hall–Kier alpha value is -2.62. The van der Waals surface area contributed by atoms with Gasteiger partial charge in [0.05, 0.1) is 13.0 Å². The van der Waals surface area contributed by atoms with E-state index >= 15 is 0 Å². The van der Waals surface area contributed by atoms with E-state index in [4.69, 9.17) is 0 Å². The van der Waals surface area contributed by atoms with Crippen LogP contribution in [-0.4, -0.2) is 18.4 Å². The van der Waals surface area contributed by atoms with Gasteiger partial charge in [0.2, 0.25) is 11.8 Å². The van der Waals surface area contributed by atoms with Crippen LogP contribution in [0.1, 0.15) is 47.6 Å². The van der Waals surface area contributed by atoms with Crippen molar-refractivity contribution in [3.05, 3.63) is 64.2 Å². The number of anilines is 1. The molecule has 2 N–H and O–H groups in total. The minimum atomic E-state index is -0.215. The van der Waals surface area contributed by atoms with Crippen molar-refractivity contribution in [3.63, 3.8) is 0 Å². The Labute approximate surface area is 162 Å². The molecular weight excluding hydrogens is 336 g/mol. The lowest BCUT2D eigenvalue weighted by Gasteiger charge is -2.13. The van der Waals surface area contributed by atoms with E-state index in [0.29, 0.717) is 0 Å². The number of rotatable bonds is 8. The predicted octanol–water partition coefficient (Wildman–Crippen LogP) is 4.25. The van der Waals surface area contributed by atoms with Gasteiger partial charge in [-0.25, -0.2) is 0 Å². The van der Waals surface area contributed by atoms with Gasteiger partial charge in [-0.2, -0.15) is 0 Å². The van der Waals surface area contributed by atoms with Gasteiger partial charge in [-0.05, 0) is 55.9 Å². The molecule has 0 aliphatic carbocycles. The van der Waals surface area contributed by atoms with Crippen molar-refractivity contribution in [2.24, 2.45) is 0 Å². The monoisotopic (exact) mass is 366 g/mol. The van der Waals surface area contributed by atoms with Crippen molar-refractivity contribution in [2.45, 2.75) is 53.4 Å². The highest BCUT2D eigenvalue weighted by molar-refractivity contribution is 5.96. The second kappa shape index (κ2) is 9.91. The number of hydrogen-bond donors (Lipinski definition) is 2. The Bertz CT molecular complexity index is 772. The fraction of sp³-hybridized carbons (Fsp3) is 0.391. The summed E-state index contributed by atoms with van der Waals surface area (Å²) < 4.78 is 0. The van der Waals surface area contributed by atoms with Crippen LogP contribution < -0.4 is 10.6 Å². The third-order valence-corrected chi connectivity index (χ3v) is 4.59. The molecule has 2 amide bonds. The zero-order valence-corrected chi connectivity index (χ0v) is 16.8. The van der Waals surface area contributed by atoms with Gasteiger partial charge in [0.1, 0.15) is 0 Å². The van der Waals surface area contributed by atoms with E-state index in [1.54, 1.807) is 0 Å². The Balaban J connectivity index is 1.82. The average Bonchev–Trinajstić information content (AvgIpc) is 2.62. The zero-order valence-electron chi connectivity index (χ0n) is 16.8. The van der Waals surface area contributed by atoms with Crippen molar-refractivity contribution in [3.8, 4) is 0 Å². The first-order valence-electron chi connectivity index (χ1n) is 9.61. The highest BCUT2D eigenvalue weighted by Gasteiger charge is 2.10. The highest BCUT2D eigenvalue weighted by Crippen LogP contribution is 2.21. The maximum atomic E-state index is 12.2. The maximum Gasteiger partial charge on any atom is 0.243 e. The Morgan fingerprint density at radius 2 is 1.48 bits per heavy atom. The highest BCUT2D eigenvalue weighted by atomic mass is 16.2. The molecule has 0 aliphatic heterocycles. The molecule has 27 heavy (non-hydrogen) atoms. The SMILES string of the molecule is CCCCc1ccc(CC(=O)NCC(=O)Nc2c(C)cc(C)cc2C)cc1. The lowest BCUT2D eigenvalue weighted by atomic mass is 10.0. The summed E-state index contributed by atoms with van der Waals surface area (Å²) in [5.74, 6) is -0.364. The molecule has 0 spiro atoms. The van der Waals surface area contributed by atoms with E-state index in [1.807, 2.05) is 45.0 Å². The number of hydrogen-bond acceptors (Lipinski definition) is 2. The van der Waals surface area contributed by atoms with E-state index in [0.717, 1.165) is 34.4 Å². The lowest BCUT2D eigenvalue weighted by Crippen LogP contribution is -2.34. The molecule has 0 unspecified atom stereocenters. The molecule has 0 aromatic heterocycles. The third kappa shape index (κ3) is 6.55. The minimum absolute atomic E-state index is 0.0276. The summed E-state index contributed by atoms with van der Waals surface area (Å²) in [5, 5.41) is 5.60. The van der Waals surface area contributed by atoms with Crippen LogP contribution in [0.15, 0.2) is 36.4 Å². The van der Waals surface area contributed by atoms with Gasteiger partial charge in [-0.1, -0.05) is 55.3 Å². The standard InChI is InChI=1S/C23H30N2O2/c1-5-6-7-19-8-10-20(11-9-19)14-21(26)24-15-22(27)25-23-17(3)12-16(2)13-18(23)4/h8-13H,5-7,14-15H2,1-4H3,(H,24,26)(H,25,27). The van der Waals surface area contributed by atoms with Crippen LogP contribution >= 0.6 is 0 Å². The molecule has 2 aromatic carbocycles. The quantitative estimate of drug-likeness (QED) is 0.734. The molecule has 0 aliphatic rings. The molecule has 2 aromatic rings. The summed E-state index contributed by atoms with van der Waals surface area (Å²) >= 11 is 0. The summed E-state index contributed by atoms with van der Waals surface area (Å²) in [5.41, 5.74) is 6.29. The number of aryl methyl sites for hydroxylation is 4. The summed E-state index contributed by atoms with van der Waals surface area (Å²) in [6.45, 7) is 8.12. The number of nitrogens with one attached hydrogen (secondary N) is 2. The fourth-order valence-corrected chi connectivity index (χ4v) is 3.19. The summed E-state index contributed by atoms with van der Waals surface area (Å²) in [7, 11) is 0. The Kier molecular flexibility index (Phi) is 7.59. The van der Waals surface area contributed by atoms with Crippen molar-refractivity contribution in [1.82, 2.24) is 5.32 Å². The first kappa shape index (κ1) is 20.7. The minimum Gasteiger partial charge on any atom is -0.347 e. The van der Waals surface area contributed by atoms with E-state index in [-0.39, 0.29) is 24.8 Å². The van der Waals surface area contributed by atoms with Crippen LogP contribution in [0.3, 0.4) is 0 Å². The molecule has 0 saturated carbocycles. The van der Waals surface area contributed by atoms with Crippen LogP contribution in [0.4, 0.5) is 5.69 Å². The van der Waals surface area contributed by atoms with E-state index in [2.05, 4.69) is 29.7 Å². The number of unbranched alkanes of at least 4 members (excludes halogenated alkanes) is 1. The number of carbonyl (C=O) groups is 2. The van der Waals surface area contributed by atoms with Gasteiger partial charge in [0.25, 0.3) is 0 Å². The third-order valence-electron chi connectivity index (χ3n) is 4.59. The second-order valence-electron chi connectivity index (χ2n) is 7.20. The van der Waals surface area contributed by atoms with Crippen molar-refractivity contribution >= 4 is 17.5 Å². The number of carbonyl (C=O) groups excluding carboxylic acids is 2.